The van der Waals surface area contributed by atoms with Crippen molar-refractivity contribution in [3.05, 3.63) is 54.1 Å². The number of amides is 1. The highest BCUT2D eigenvalue weighted by Gasteiger charge is 2.25. The van der Waals surface area contributed by atoms with Crippen LogP contribution in [0.5, 0.6) is 0 Å². The lowest BCUT2D eigenvalue weighted by Crippen LogP contribution is -2.41. The van der Waals surface area contributed by atoms with E-state index in [9.17, 15) is 4.79 Å². The second kappa shape index (κ2) is 8.00. The van der Waals surface area contributed by atoms with Crippen LogP contribution < -0.4 is 10.2 Å². The molecule has 1 aliphatic heterocycles. The molecule has 3 heterocycles. The molecule has 0 bridgehead atoms. The third kappa shape index (κ3) is 3.86. The van der Waals surface area contributed by atoms with Crippen molar-refractivity contribution >= 4 is 22.6 Å². The first kappa shape index (κ1) is 18.5. The van der Waals surface area contributed by atoms with Crippen LogP contribution in [-0.2, 0) is 18.3 Å². The number of nitrogens with zero attached hydrogens (tertiary/aromatic N) is 4. The van der Waals surface area contributed by atoms with Crippen LogP contribution in [0.25, 0.3) is 10.9 Å². The molecule has 28 heavy (non-hydrogen) atoms. The molecule has 0 unspecified atom stereocenters. The van der Waals surface area contributed by atoms with Crippen LogP contribution in [0.1, 0.15) is 24.0 Å². The summed E-state index contributed by atoms with van der Waals surface area (Å²) in [4.78, 5) is 23.3. The van der Waals surface area contributed by atoms with Crippen molar-refractivity contribution in [2.75, 3.05) is 24.5 Å². The quantitative estimate of drug-likeness (QED) is 0.743. The van der Waals surface area contributed by atoms with Gasteiger partial charge in [-0.3, -0.25) is 9.78 Å². The SMILES string of the molecule is Cc1ccc2c(CCNC(=O)C3CCN(c4cnccn4)CC3)cn(C)c2c1. The topological polar surface area (TPSA) is 63.1 Å². The van der Waals surface area contributed by atoms with Crippen LogP contribution in [0.4, 0.5) is 5.82 Å². The van der Waals surface area contributed by atoms with Gasteiger partial charge in [0.2, 0.25) is 5.91 Å². The first-order chi connectivity index (χ1) is 13.6. The van der Waals surface area contributed by atoms with Crippen LogP contribution in [0.3, 0.4) is 0 Å². The second-order valence-corrected chi connectivity index (χ2v) is 7.65. The fourth-order valence-electron chi connectivity index (χ4n) is 4.07. The van der Waals surface area contributed by atoms with Gasteiger partial charge in [0.25, 0.3) is 0 Å². The van der Waals surface area contributed by atoms with Crippen LogP contribution >= 0.6 is 0 Å². The monoisotopic (exact) mass is 377 g/mol. The molecule has 4 rings (SSSR count). The van der Waals surface area contributed by atoms with E-state index >= 15 is 0 Å². The number of carbonyl (C=O) groups is 1. The molecule has 1 aliphatic rings. The Hall–Kier alpha value is -2.89. The van der Waals surface area contributed by atoms with Gasteiger partial charge in [-0.15, -0.1) is 0 Å². The van der Waals surface area contributed by atoms with Gasteiger partial charge in [0.05, 0.1) is 6.20 Å². The van der Waals surface area contributed by atoms with Crippen LogP contribution in [0.2, 0.25) is 0 Å². The largest absolute Gasteiger partial charge is 0.356 e. The van der Waals surface area contributed by atoms with Crippen molar-refractivity contribution in [1.29, 1.82) is 0 Å². The number of anilines is 1. The molecule has 0 atom stereocenters. The van der Waals surface area contributed by atoms with Gasteiger partial charge in [-0.2, -0.15) is 0 Å². The van der Waals surface area contributed by atoms with Gasteiger partial charge in [0.1, 0.15) is 5.82 Å². The zero-order chi connectivity index (χ0) is 19.5. The summed E-state index contributed by atoms with van der Waals surface area (Å²) < 4.78 is 2.17. The van der Waals surface area contributed by atoms with Crippen LogP contribution in [-0.4, -0.2) is 40.1 Å². The Kier molecular flexibility index (Phi) is 5.28. The molecule has 0 aliphatic carbocycles. The van der Waals surface area contributed by atoms with Crippen molar-refractivity contribution in [3.63, 3.8) is 0 Å². The van der Waals surface area contributed by atoms with Gasteiger partial charge in [0.15, 0.2) is 0 Å². The Morgan fingerprint density at radius 2 is 2.07 bits per heavy atom. The average Bonchev–Trinajstić information content (AvgIpc) is 3.03. The minimum Gasteiger partial charge on any atom is -0.356 e. The Balaban J connectivity index is 1.29. The molecule has 146 valence electrons. The highest BCUT2D eigenvalue weighted by molar-refractivity contribution is 5.84. The molecule has 3 aromatic rings. The molecule has 1 amide bonds. The summed E-state index contributed by atoms with van der Waals surface area (Å²) in [5.41, 5.74) is 3.80. The molecular formula is C22H27N5O. The van der Waals surface area contributed by atoms with Gasteiger partial charge in [-0.05, 0) is 43.4 Å². The fourth-order valence-corrected chi connectivity index (χ4v) is 4.07. The lowest BCUT2D eigenvalue weighted by atomic mass is 9.96. The van der Waals surface area contributed by atoms with E-state index in [4.69, 9.17) is 0 Å². The Morgan fingerprint density at radius 3 is 2.82 bits per heavy atom. The lowest BCUT2D eigenvalue weighted by molar-refractivity contribution is -0.125. The molecule has 0 radical (unpaired) electrons. The number of aromatic nitrogens is 3. The van der Waals surface area contributed by atoms with Crippen LogP contribution in [0, 0.1) is 12.8 Å². The number of hydrogen-bond acceptors (Lipinski definition) is 4. The fraction of sp³-hybridized carbons (Fsp3) is 0.409. The number of benzene rings is 1. The molecular weight excluding hydrogens is 350 g/mol. The molecule has 1 N–H and O–H groups in total. The summed E-state index contributed by atoms with van der Waals surface area (Å²) in [6.45, 7) is 4.48. The van der Waals surface area contributed by atoms with E-state index in [-0.39, 0.29) is 11.8 Å². The Labute approximate surface area is 165 Å². The van der Waals surface area contributed by atoms with Crippen molar-refractivity contribution in [3.8, 4) is 0 Å². The van der Waals surface area contributed by atoms with Crippen molar-refractivity contribution in [1.82, 2.24) is 19.9 Å². The predicted molar refractivity (Wildman–Crippen MR) is 111 cm³/mol. The molecule has 1 saturated heterocycles. The molecule has 1 aromatic carbocycles. The number of rotatable bonds is 5. The van der Waals surface area contributed by atoms with Crippen molar-refractivity contribution in [2.45, 2.75) is 26.2 Å². The van der Waals surface area contributed by atoms with Crippen LogP contribution in [0.15, 0.2) is 43.0 Å². The van der Waals surface area contributed by atoms with Gasteiger partial charge < -0.3 is 14.8 Å². The van der Waals surface area contributed by atoms with Gasteiger partial charge in [-0.1, -0.05) is 12.1 Å². The first-order valence-corrected chi connectivity index (χ1v) is 9.95. The maximum absolute atomic E-state index is 12.6. The maximum atomic E-state index is 12.6. The first-order valence-electron chi connectivity index (χ1n) is 9.95. The predicted octanol–water partition coefficient (Wildman–Crippen LogP) is 2.85. The molecule has 6 heteroatoms. The lowest BCUT2D eigenvalue weighted by Gasteiger charge is -2.31. The summed E-state index contributed by atoms with van der Waals surface area (Å²) in [6, 6.07) is 6.54. The highest BCUT2D eigenvalue weighted by Crippen LogP contribution is 2.23. The standard InChI is InChI=1S/C22H27N5O/c1-16-3-4-19-18(15-26(2)20(19)13-16)5-8-25-22(28)17-6-11-27(12-7-17)21-14-23-9-10-24-21/h3-4,9-10,13-15,17H,5-8,11-12H2,1-2H3,(H,25,28). The van der Waals surface area contributed by atoms with Crippen molar-refractivity contribution in [2.24, 2.45) is 13.0 Å². The number of fused-ring (bicyclic) bond motifs is 1. The zero-order valence-electron chi connectivity index (χ0n) is 16.6. The number of hydrogen-bond donors (Lipinski definition) is 1. The number of piperidine rings is 1. The summed E-state index contributed by atoms with van der Waals surface area (Å²) in [5, 5.41) is 4.42. The third-order valence-electron chi connectivity index (χ3n) is 5.66. The second-order valence-electron chi connectivity index (χ2n) is 7.65. The highest BCUT2D eigenvalue weighted by atomic mass is 16.1. The summed E-state index contributed by atoms with van der Waals surface area (Å²) >= 11 is 0. The Morgan fingerprint density at radius 1 is 1.25 bits per heavy atom. The van der Waals surface area contributed by atoms with E-state index in [2.05, 4.69) is 63.1 Å². The minimum atomic E-state index is 0.0862. The molecule has 0 saturated carbocycles. The molecule has 2 aromatic heterocycles. The van der Waals surface area contributed by atoms with E-state index in [0.29, 0.717) is 6.54 Å². The van der Waals surface area contributed by atoms with Crippen molar-refractivity contribution < 1.29 is 4.79 Å². The summed E-state index contributed by atoms with van der Waals surface area (Å²) in [7, 11) is 2.08. The summed E-state index contributed by atoms with van der Waals surface area (Å²) in [5.74, 6) is 1.16. The van der Waals surface area contributed by atoms with E-state index in [1.165, 1.54) is 22.0 Å². The minimum absolute atomic E-state index is 0.0862. The molecule has 6 nitrogen and oxygen atoms in total. The van der Waals surface area contributed by atoms with Gasteiger partial charge in [0, 0.05) is 62.1 Å². The Bertz CT molecular complexity index is 958. The number of carbonyl (C=O) groups excluding carboxylic acids is 1. The van der Waals surface area contributed by atoms with E-state index in [1.807, 2.05) is 0 Å². The normalized spacial score (nSPS) is 15.1. The number of aryl methyl sites for hydroxylation is 2. The van der Waals surface area contributed by atoms with E-state index in [1.54, 1.807) is 18.6 Å². The van der Waals surface area contributed by atoms with Gasteiger partial charge in [-0.25, -0.2) is 4.98 Å². The molecule has 0 spiro atoms. The summed E-state index contributed by atoms with van der Waals surface area (Å²) in [6.07, 6.45) is 9.92. The van der Waals surface area contributed by atoms with E-state index < -0.39 is 0 Å². The zero-order valence-corrected chi connectivity index (χ0v) is 16.6. The molecule has 1 fully saturated rings. The third-order valence-corrected chi connectivity index (χ3v) is 5.66. The van der Waals surface area contributed by atoms with Gasteiger partial charge >= 0.3 is 0 Å². The maximum Gasteiger partial charge on any atom is 0.223 e. The smallest absolute Gasteiger partial charge is 0.223 e. The van der Waals surface area contributed by atoms with E-state index in [0.717, 1.165) is 38.2 Å². The average molecular weight is 377 g/mol. The number of nitrogens with one attached hydrogen (secondary N) is 1.